The molecule has 7 heteroatoms. The van der Waals surface area contributed by atoms with Crippen LogP contribution >= 0.6 is 45.8 Å². The van der Waals surface area contributed by atoms with Crippen LogP contribution in [-0.2, 0) is 4.74 Å². The number of rotatable bonds is 5. The van der Waals surface area contributed by atoms with Gasteiger partial charge in [-0.2, -0.15) is 13.2 Å². The van der Waals surface area contributed by atoms with E-state index in [1.807, 2.05) is 22.6 Å². The highest BCUT2D eigenvalue weighted by molar-refractivity contribution is 14.1. The van der Waals surface area contributed by atoms with Crippen molar-refractivity contribution in [2.75, 3.05) is 11.8 Å². The Hall–Kier alpha value is 1.06. The second-order valence-electron chi connectivity index (χ2n) is 2.68. The first-order chi connectivity index (χ1) is 6.32. The molecule has 86 valence electrons. The average molecular weight is 365 g/mol. The summed E-state index contributed by atoms with van der Waals surface area (Å²) in [5, 5.41) is 0. The fourth-order valence-electron chi connectivity index (χ4n) is 0.657. The third-order valence-corrected chi connectivity index (χ3v) is 3.94. The highest BCUT2D eigenvalue weighted by Crippen LogP contribution is 2.25. The van der Waals surface area contributed by atoms with Gasteiger partial charge in [0.25, 0.3) is 0 Å². The van der Waals surface area contributed by atoms with Crippen LogP contribution in [0.15, 0.2) is 0 Å². The summed E-state index contributed by atoms with van der Waals surface area (Å²) in [6, 6.07) is 0. The van der Waals surface area contributed by atoms with Gasteiger partial charge in [0, 0.05) is 11.8 Å². The molecule has 1 nitrogen and oxygen atoms in total. The van der Waals surface area contributed by atoms with E-state index in [1.165, 1.54) is 0 Å². The number of hydrogen-bond donors (Lipinski definition) is 0. The van der Waals surface area contributed by atoms with Gasteiger partial charge in [0.15, 0.2) is 6.10 Å². The molecule has 0 radical (unpaired) electrons. The Balaban J connectivity index is 4.18. The average Bonchev–Trinajstić information content (AvgIpc) is 2.10. The first-order valence-electron chi connectivity index (χ1n) is 3.81. The summed E-state index contributed by atoms with van der Waals surface area (Å²) in [7, 11) is 0. The van der Waals surface area contributed by atoms with Crippen molar-refractivity contribution in [2.24, 2.45) is 0 Å². The van der Waals surface area contributed by atoms with E-state index < -0.39 is 18.4 Å². The third kappa shape index (κ3) is 5.23. The van der Waals surface area contributed by atoms with Crippen LogP contribution in [0.2, 0.25) is 0 Å². The van der Waals surface area contributed by atoms with Gasteiger partial charge < -0.3 is 4.74 Å². The molecule has 14 heavy (non-hydrogen) atoms. The van der Waals surface area contributed by atoms with Crippen LogP contribution in [-0.4, -0.2) is 34.1 Å². The van der Waals surface area contributed by atoms with Crippen molar-refractivity contribution < 1.29 is 17.9 Å². The summed E-state index contributed by atoms with van der Waals surface area (Å²) in [4.78, 5) is 0. The van der Waals surface area contributed by atoms with Gasteiger partial charge in [-0.25, -0.2) is 0 Å². The van der Waals surface area contributed by atoms with Crippen molar-refractivity contribution in [2.45, 2.75) is 29.2 Å². The standard InChI is InChI=1S/C7H10Cl2F3IO/c1-4(7(10,11)12)14-6(3-9)5(13)2-8/h4-6H,2-3H2,1H3. The van der Waals surface area contributed by atoms with Crippen molar-refractivity contribution in [3.05, 3.63) is 0 Å². The van der Waals surface area contributed by atoms with E-state index in [9.17, 15) is 13.2 Å². The fraction of sp³-hybridized carbons (Fsp3) is 1.00. The predicted octanol–water partition coefficient (Wildman–Crippen LogP) is 3.60. The van der Waals surface area contributed by atoms with Gasteiger partial charge in [0.1, 0.15) is 0 Å². The van der Waals surface area contributed by atoms with Gasteiger partial charge >= 0.3 is 6.18 Å². The quantitative estimate of drug-likeness (QED) is 0.535. The SMILES string of the molecule is CC(OC(CCl)C(I)CCl)C(F)(F)F. The fourth-order valence-corrected chi connectivity index (χ4v) is 1.87. The molecule has 0 saturated carbocycles. The van der Waals surface area contributed by atoms with Gasteiger partial charge in [0.2, 0.25) is 0 Å². The van der Waals surface area contributed by atoms with Crippen molar-refractivity contribution in [1.29, 1.82) is 0 Å². The molecule has 0 spiro atoms. The number of hydrogen-bond acceptors (Lipinski definition) is 1. The van der Waals surface area contributed by atoms with Crippen molar-refractivity contribution in [1.82, 2.24) is 0 Å². The Morgan fingerprint density at radius 2 is 1.79 bits per heavy atom. The van der Waals surface area contributed by atoms with E-state index in [0.717, 1.165) is 6.92 Å². The van der Waals surface area contributed by atoms with Gasteiger partial charge in [-0.3, -0.25) is 0 Å². The van der Waals surface area contributed by atoms with E-state index in [2.05, 4.69) is 0 Å². The molecule has 0 aromatic carbocycles. The second kappa shape index (κ2) is 6.60. The molecule has 3 unspecified atom stereocenters. The smallest absolute Gasteiger partial charge is 0.363 e. The minimum Gasteiger partial charge on any atom is -0.363 e. The highest BCUT2D eigenvalue weighted by Gasteiger charge is 2.39. The molecule has 0 amide bonds. The Labute approximate surface area is 104 Å². The number of alkyl halides is 6. The molecule has 0 rings (SSSR count). The van der Waals surface area contributed by atoms with E-state index >= 15 is 0 Å². The lowest BCUT2D eigenvalue weighted by Gasteiger charge is -2.25. The third-order valence-electron chi connectivity index (χ3n) is 1.54. The molecule has 0 heterocycles. The van der Waals surface area contributed by atoms with Crippen molar-refractivity contribution >= 4 is 45.8 Å². The lowest BCUT2D eigenvalue weighted by molar-refractivity contribution is -0.223. The van der Waals surface area contributed by atoms with E-state index in [-0.39, 0.29) is 15.7 Å². The molecule has 0 N–H and O–H groups in total. The second-order valence-corrected chi connectivity index (χ2v) is 4.90. The molecule has 0 aromatic heterocycles. The Kier molecular flexibility index (Phi) is 7.10. The Bertz CT molecular complexity index is 168. The van der Waals surface area contributed by atoms with Crippen LogP contribution < -0.4 is 0 Å². The molecule has 0 saturated heterocycles. The topological polar surface area (TPSA) is 9.23 Å². The zero-order valence-corrected chi connectivity index (χ0v) is 11.0. The maximum absolute atomic E-state index is 12.1. The van der Waals surface area contributed by atoms with Crippen LogP contribution in [0.1, 0.15) is 6.92 Å². The maximum atomic E-state index is 12.1. The first kappa shape index (κ1) is 15.1. The van der Waals surface area contributed by atoms with E-state index in [4.69, 9.17) is 27.9 Å². The van der Waals surface area contributed by atoms with Crippen LogP contribution in [0.3, 0.4) is 0 Å². The summed E-state index contributed by atoms with van der Waals surface area (Å²) in [6.07, 6.45) is -6.84. The summed E-state index contributed by atoms with van der Waals surface area (Å²) in [5.41, 5.74) is 0. The molecule has 0 bridgehead atoms. The van der Waals surface area contributed by atoms with Gasteiger partial charge in [-0.15, -0.1) is 23.2 Å². The maximum Gasteiger partial charge on any atom is 0.414 e. The normalized spacial score (nSPS) is 19.1. The number of halogens is 6. The molecule has 3 atom stereocenters. The van der Waals surface area contributed by atoms with Crippen molar-refractivity contribution in [3.8, 4) is 0 Å². The van der Waals surface area contributed by atoms with Gasteiger partial charge in [0.05, 0.1) is 10.0 Å². The molecule has 0 aromatic rings. The summed E-state index contributed by atoms with van der Waals surface area (Å²) >= 11 is 12.9. The molecular weight excluding hydrogens is 355 g/mol. The minimum atomic E-state index is -4.35. The molecule has 0 aliphatic carbocycles. The van der Waals surface area contributed by atoms with Crippen LogP contribution in [0, 0.1) is 0 Å². The molecule has 0 aliphatic heterocycles. The molecular formula is C7H10Cl2F3IO. The zero-order chi connectivity index (χ0) is 11.4. The lowest BCUT2D eigenvalue weighted by atomic mass is 10.3. The highest BCUT2D eigenvalue weighted by atomic mass is 127. The van der Waals surface area contributed by atoms with Crippen LogP contribution in [0.5, 0.6) is 0 Å². The van der Waals surface area contributed by atoms with Crippen LogP contribution in [0.4, 0.5) is 13.2 Å². The van der Waals surface area contributed by atoms with Gasteiger partial charge in [-0.1, -0.05) is 22.6 Å². The van der Waals surface area contributed by atoms with Crippen molar-refractivity contribution in [3.63, 3.8) is 0 Å². The lowest BCUT2D eigenvalue weighted by Crippen LogP contribution is -2.37. The Morgan fingerprint density at radius 1 is 1.29 bits per heavy atom. The van der Waals surface area contributed by atoms with Crippen LogP contribution in [0.25, 0.3) is 0 Å². The zero-order valence-electron chi connectivity index (χ0n) is 7.32. The molecule has 0 fully saturated rings. The largest absolute Gasteiger partial charge is 0.414 e. The van der Waals surface area contributed by atoms with Gasteiger partial charge in [-0.05, 0) is 6.92 Å². The van der Waals surface area contributed by atoms with E-state index in [0.29, 0.717) is 0 Å². The summed E-state index contributed by atoms with van der Waals surface area (Å²) in [6.45, 7) is 0.955. The summed E-state index contributed by atoms with van der Waals surface area (Å²) < 4.78 is 40.9. The molecule has 0 aliphatic rings. The number of ether oxygens (including phenoxy) is 1. The summed E-state index contributed by atoms with van der Waals surface area (Å²) in [5.74, 6) is 0.212. The van der Waals surface area contributed by atoms with E-state index in [1.54, 1.807) is 0 Å². The predicted molar refractivity (Wildman–Crippen MR) is 59.6 cm³/mol. The monoisotopic (exact) mass is 364 g/mol. The minimum absolute atomic E-state index is 0.000741. The Morgan fingerprint density at radius 3 is 2.07 bits per heavy atom. The first-order valence-corrected chi connectivity index (χ1v) is 6.12.